The lowest BCUT2D eigenvalue weighted by Gasteiger charge is -2.34. The lowest BCUT2D eigenvalue weighted by molar-refractivity contribution is -0.131. The molecule has 0 aliphatic carbocycles. The Morgan fingerprint density at radius 2 is 2.41 bits per heavy atom. The van der Waals surface area contributed by atoms with Crippen LogP contribution >= 0.6 is 11.8 Å². The number of piperidine rings is 1. The van der Waals surface area contributed by atoms with Crippen LogP contribution in [-0.4, -0.2) is 45.0 Å². The van der Waals surface area contributed by atoms with E-state index in [1.165, 1.54) is 0 Å². The summed E-state index contributed by atoms with van der Waals surface area (Å²) in [5.41, 5.74) is 0. The number of likely N-dealkylation sites (tertiary alicyclic amines) is 1. The van der Waals surface area contributed by atoms with E-state index in [0.29, 0.717) is 6.04 Å². The first kappa shape index (κ1) is 12.5. The highest BCUT2D eigenvalue weighted by atomic mass is 32.2. The molecule has 1 aliphatic rings. The molecule has 1 amide bonds. The number of carbonyl (C=O) groups is 1. The van der Waals surface area contributed by atoms with Gasteiger partial charge in [-0.3, -0.25) is 4.79 Å². The monoisotopic (exact) mass is 253 g/mol. The van der Waals surface area contributed by atoms with Gasteiger partial charge in [0.25, 0.3) is 0 Å². The van der Waals surface area contributed by atoms with E-state index in [1.54, 1.807) is 18.0 Å². The summed E-state index contributed by atoms with van der Waals surface area (Å²) in [6.45, 7) is 3.70. The van der Waals surface area contributed by atoms with E-state index in [0.717, 1.165) is 25.9 Å². The number of imidazole rings is 1. The highest BCUT2D eigenvalue weighted by Crippen LogP contribution is 2.23. The van der Waals surface area contributed by atoms with Gasteiger partial charge in [-0.05, 0) is 26.0 Å². The van der Waals surface area contributed by atoms with Crippen molar-refractivity contribution in [1.82, 2.24) is 14.5 Å². The highest BCUT2D eigenvalue weighted by molar-refractivity contribution is 7.99. The van der Waals surface area contributed by atoms with Gasteiger partial charge in [0, 0.05) is 25.5 Å². The van der Waals surface area contributed by atoms with E-state index in [2.05, 4.69) is 9.55 Å². The van der Waals surface area contributed by atoms with Crippen molar-refractivity contribution in [2.45, 2.75) is 31.1 Å². The zero-order valence-electron chi connectivity index (χ0n) is 10.4. The van der Waals surface area contributed by atoms with Crippen molar-refractivity contribution in [3.8, 4) is 0 Å². The van der Waals surface area contributed by atoms with Crippen LogP contribution in [0.3, 0.4) is 0 Å². The molecule has 0 aromatic carbocycles. The molecule has 0 unspecified atom stereocenters. The van der Waals surface area contributed by atoms with Crippen LogP contribution in [0.1, 0.15) is 25.8 Å². The first-order valence-electron chi connectivity index (χ1n) is 6.01. The van der Waals surface area contributed by atoms with E-state index >= 15 is 0 Å². The molecular formula is C12H19N3OS. The third kappa shape index (κ3) is 2.83. The summed E-state index contributed by atoms with van der Waals surface area (Å²) in [6, 6.07) is 0.393. The van der Waals surface area contributed by atoms with E-state index in [-0.39, 0.29) is 11.2 Å². The number of nitrogens with zero attached hydrogens (tertiary/aromatic N) is 3. The molecule has 2 atom stereocenters. The second kappa shape index (κ2) is 5.58. The molecule has 2 rings (SSSR count). The fourth-order valence-corrected chi connectivity index (χ4v) is 2.59. The first-order valence-corrected chi connectivity index (χ1v) is 7.30. The number of amides is 1. The minimum absolute atomic E-state index is 0.0662. The molecule has 2 heterocycles. The summed E-state index contributed by atoms with van der Waals surface area (Å²) in [5.74, 6) is 0.266. The molecule has 4 nitrogen and oxygen atoms in total. The van der Waals surface area contributed by atoms with Crippen LogP contribution in [0, 0.1) is 0 Å². The van der Waals surface area contributed by atoms with Crippen LogP contribution < -0.4 is 0 Å². The molecule has 0 radical (unpaired) electrons. The summed E-state index contributed by atoms with van der Waals surface area (Å²) < 4.78 is 2.11. The average Bonchev–Trinajstić information content (AvgIpc) is 2.91. The molecule has 0 bridgehead atoms. The Hall–Kier alpha value is -0.970. The number of hydrogen-bond donors (Lipinski definition) is 0. The third-order valence-electron chi connectivity index (χ3n) is 3.36. The van der Waals surface area contributed by atoms with Crippen molar-refractivity contribution < 1.29 is 4.79 Å². The SMILES string of the molecule is CS[C@@H](C)C(=O)N1CCC[C@H](n2ccnc2)C1. The largest absolute Gasteiger partial charge is 0.340 e. The smallest absolute Gasteiger partial charge is 0.235 e. The lowest BCUT2D eigenvalue weighted by atomic mass is 10.1. The Balaban J connectivity index is 2.00. The highest BCUT2D eigenvalue weighted by Gasteiger charge is 2.26. The summed E-state index contributed by atoms with van der Waals surface area (Å²) in [5, 5.41) is 0.0662. The molecule has 0 N–H and O–H groups in total. The summed E-state index contributed by atoms with van der Waals surface area (Å²) >= 11 is 1.61. The number of thioether (sulfide) groups is 1. The summed E-state index contributed by atoms with van der Waals surface area (Å²) in [7, 11) is 0. The molecule has 1 saturated heterocycles. The van der Waals surface area contributed by atoms with Crippen molar-refractivity contribution in [3.63, 3.8) is 0 Å². The first-order chi connectivity index (χ1) is 8.22. The van der Waals surface area contributed by atoms with Gasteiger partial charge in [0.05, 0.1) is 17.6 Å². The van der Waals surface area contributed by atoms with Crippen LogP contribution in [0.4, 0.5) is 0 Å². The number of carbonyl (C=O) groups excluding carboxylic acids is 1. The Labute approximate surface area is 106 Å². The molecule has 0 spiro atoms. The maximum Gasteiger partial charge on any atom is 0.235 e. The fourth-order valence-electron chi connectivity index (χ4n) is 2.24. The van der Waals surface area contributed by atoms with Crippen LogP contribution in [-0.2, 0) is 4.79 Å². The van der Waals surface area contributed by atoms with Crippen molar-refractivity contribution in [2.24, 2.45) is 0 Å². The lowest BCUT2D eigenvalue weighted by Crippen LogP contribution is -2.43. The van der Waals surface area contributed by atoms with E-state index < -0.39 is 0 Å². The average molecular weight is 253 g/mol. The van der Waals surface area contributed by atoms with Gasteiger partial charge in [0.2, 0.25) is 5.91 Å². The van der Waals surface area contributed by atoms with Gasteiger partial charge in [0.1, 0.15) is 0 Å². The molecule has 1 aromatic rings. The van der Waals surface area contributed by atoms with Gasteiger partial charge >= 0.3 is 0 Å². The van der Waals surface area contributed by atoms with Gasteiger partial charge in [0.15, 0.2) is 0 Å². The van der Waals surface area contributed by atoms with Gasteiger partial charge in [-0.25, -0.2) is 4.98 Å². The maximum atomic E-state index is 12.1. The Kier molecular flexibility index (Phi) is 4.10. The fraction of sp³-hybridized carbons (Fsp3) is 0.667. The molecule has 94 valence electrons. The van der Waals surface area contributed by atoms with Crippen molar-refractivity contribution in [2.75, 3.05) is 19.3 Å². The Bertz CT molecular complexity index is 366. The van der Waals surface area contributed by atoms with Crippen molar-refractivity contribution >= 4 is 17.7 Å². The van der Waals surface area contributed by atoms with Gasteiger partial charge < -0.3 is 9.47 Å². The van der Waals surface area contributed by atoms with Gasteiger partial charge in [-0.15, -0.1) is 0 Å². The quantitative estimate of drug-likeness (QED) is 0.824. The second-order valence-electron chi connectivity index (χ2n) is 4.47. The van der Waals surface area contributed by atoms with Crippen LogP contribution in [0.5, 0.6) is 0 Å². The molecule has 17 heavy (non-hydrogen) atoms. The molecule has 1 aliphatic heterocycles. The van der Waals surface area contributed by atoms with Crippen LogP contribution in [0.15, 0.2) is 18.7 Å². The molecular weight excluding hydrogens is 234 g/mol. The van der Waals surface area contributed by atoms with Crippen LogP contribution in [0.2, 0.25) is 0 Å². The molecule has 5 heteroatoms. The van der Waals surface area contributed by atoms with E-state index in [9.17, 15) is 4.79 Å². The van der Waals surface area contributed by atoms with Crippen LogP contribution in [0.25, 0.3) is 0 Å². The topological polar surface area (TPSA) is 38.1 Å². The summed E-state index contributed by atoms with van der Waals surface area (Å²) in [4.78, 5) is 18.2. The minimum atomic E-state index is 0.0662. The number of aromatic nitrogens is 2. The zero-order chi connectivity index (χ0) is 12.3. The standard InChI is InChI=1S/C12H19N3OS/c1-10(17-2)12(16)14-6-3-4-11(8-14)15-7-5-13-9-15/h5,7,9-11H,3-4,6,8H2,1-2H3/t10-,11-/m0/s1. The van der Waals surface area contributed by atoms with Gasteiger partial charge in [-0.1, -0.05) is 0 Å². The Morgan fingerprint density at radius 1 is 1.59 bits per heavy atom. The normalized spacial score (nSPS) is 22.5. The predicted octanol–water partition coefficient (Wildman–Crippen LogP) is 1.80. The number of rotatable bonds is 3. The molecule has 0 saturated carbocycles. The zero-order valence-corrected chi connectivity index (χ0v) is 11.2. The maximum absolute atomic E-state index is 12.1. The minimum Gasteiger partial charge on any atom is -0.340 e. The van der Waals surface area contributed by atoms with E-state index in [4.69, 9.17) is 0 Å². The molecule has 1 fully saturated rings. The molecule has 1 aromatic heterocycles. The third-order valence-corrected chi connectivity index (χ3v) is 4.26. The van der Waals surface area contributed by atoms with Crippen molar-refractivity contribution in [3.05, 3.63) is 18.7 Å². The van der Waals surface area contributed by atoms with Gasteiger partial charge in [-0.2, -0.15) is 11.8 Å². The summed E-state index contributed by atoms with van der Waals surface area (Å²) in [6.07, 6.45) is 9.82. The predicted molar refractivity (Wildman–Crippen MR) is 70.1 cm³/mol. The van der Waals surface area contributed by atoms with Crippen molar-refractivity contribution in [1.29, 1.82) is 0 Å². The Morgan fingerprint density at radius 3 is 3.06 bits per heavy atom. The van der Waals surface area contributed by atoms with E-state index in [1.807, 2.05) is 30.6 Å². The number of hydrogen-bond acceptors (Lipinski definition) is 3. The second-order valence-corrected chi connectivity index (χ2v) is 5.65.